The number of likely N-dealkylation sites (tertiary alicyclic amines) is 2. The number of likely N-dealkylation sites (N-methyl/N-ethyl adjacent to an activating group) is 3. The molecule has 0 spiro atoms. The molecule has 218 valence electrons. The third-order valence-electron chi connectivity index (χ3n) is 8.04. The Morgan fingerprint density at radius 1 is 1.00 bits per heavy atom. The van der Waals surface area contributed by atoms with E-state index in [4.69, 9.17) is 4.74 Å². The van der Waals surface area contributed by atoms with Gasteiger partial charge in [0, 0.05) is 26.2 Å². The Labute approximate surface area is 229 Å². The maximum absolute atomic E-state index is 13.9. The van der Waals surface area contributed by atoms with Crippen molar-refractivity contribution < 1.29 is 23.9 Å². The molecule has 2 heterocycles. The summed E-state index contributed by atoms with van der Waals surface area (Å²) in [6.45, 7) is 12.1. The summed E-state index contributed by atoms with van der Waals surface area (Å²) >= 11 is 0. The highest BCUT2D eigenvalue weighted by atomic mass is 16.5. The van der Waals surface area contributed by atoms with Crippen molar-refractivity contribution in [1.29, 1.82) is 0 Å². The first kappa shape index (κ1) is 32.0. The van der Waals surface area contributed by atoms with Crippen LogP contribution < -0.4 is 5.32 Å². The molecule has 1 N–H and O–H groups in total. The predicted molar refractivity (Wildman–Crippen MR) is 147 cm³/mol. The maximum Gasteiger partial charge on any atom is 0.328 e. The van der Waals surface area contributed by atoms with E-state index in [1.165, 1.54) is 7.11 Å². The van der Waals surface area contributed by atoms with Crippen LogP contribution in [0.15, 0.2) is 0 Å². The maximum atomic E-state index is 13.9. The first-order valence-corrected chi connectivity index (χ1v) is 14.0. The molecule has 0 saturated carbocycles. The van der Waals surface area contributed by atoms with Crippen LogP contribution in [0, 0.1) is 11.3 Å². The highest BCUT2D eigenvalue weighted by Crippen LogP contribution is 2.25. The van der Waals surface area contributed by atoms with Gasteiger partial charge in [-0.15, -0.1) is 0 Å². The van der Waals surface area contributed by atoms with E-state index >= 15 is 0 Å². The van der Waals surface area contributed by atoms with Gasteiger partial charge in [0.15, 0.2) is 0 Å². The first-order valence-electron chi connectivity index (χ1n) is 14.0. The van der Waals surface area contributed by atoms with E-state index in [1.807, 2.05) is 39.8 Å². The molecular formula is C28H51N5O5. The lowest BCUT2D eigenvalue weighted by Gasteiger charge is -2.40. The Kier molecular flexibility index (Phi) is 11.6. The number of nitrogens with zero attached hydrogens (tertiary/aromatic N) is 4. The molecular weight excluding hydrogens is 486 g/mol. The Morgan fingerprint density at radius 2 is 1.63 bits per heavy atom. The molecule has 0 aromatic rings. The second-order valence-corrected chi connectivity index (χ2v) is 12.5. The minimum absolute atomic E-state index is 0.0940. The van der Waals surface area contributed by atoms with Crippen LogP contribution in [0.1, 0.15) is 66.7 Å². The van der Waals surface area contributed by atoms with Gasteiger partial charge in [-0.05, 0) is 57.7 Å². The molecule has 0 aromatic carbocycles. The molecule has 10 nitrogen and oxygen atoms in total. The molecule has 10 heteroatoms. The van der Waals surface area contributed by atoms with Gasteiger partial charge in [-0.3, -0.25) is 24.2 Å². The summed E-state index contributed by atoms with van der Waals surface area (Å²) in [6, 6.07) is -1.59. The summed E-state index contributed by atoms with van der Waals surface area (Å²) in [6.07, 6.45) is 4.28. The van der Waals surface area contributed by atoms with Crippen molar-refractivity contribution in [3.05, 3.63) is 0 Å². The molecule has 2 fully saturated rings. The lowest BCUT2D eigenvalue weighted by atomic mass is 9.84. The Balaban J connectivity index is 2.10. The molecule has 0 unspecified atom stereocenters. The van der Waals surface area contributed by atoms with Crippen LogP contribution in [0.4, 0.5) is 0 Å². The standard InChI is InChI=1S/C28H51N5O5/c1-19(2)22(17-30(6)18-23(34)33-16-12-14-21(33)27(37)38-9)32(8)26(36)24(28(3,4)5)29-25(35)20-13-10-11-15-31(20)7/h19-22,24H,10-18H2,1-9H3,(H,29,35)/t20-,21+,22-,24-/m1/s1. The summed E-state index contributed by atoms with van der Waals surface area (Å²) in [4.78, 5) is 59.5. The minimum Gasteiger partial charge on any atom is -0.467 e. The summed E-state index contributed by atoms with van der Waals surface area (Å²) in [5.74, 6) is -0.597. The zero-order valence-corrected chi connectivity index (χ0v) is 25.1. The van der Waals surface area contributed by atoms with Crippen LogP contribution in [0.5, 0.6) is 0 Å². The average Bonchev–Trinajstić information content (AvgIpc) is 3.34. The van der Waals surface area contributed by atoms with Gasteiger partial charge in [0.25, 0.3) is 0 Å². The molecule has 0 aliphatic carbocycles. The topological polar surface area (TPSA) is 102 Å². The van der Waals surface area contributed by atoms with E-state index < -0.39 is 17.5 Å². The number of methoxy groups -OCH3 is 1. The van der Waals surface area contributed by atoms with Gasteiger partial charge in [-0.25, -0.2) is 4.79 Å². The van der Waals surface area contributed by atoms with Crippen molar-refractivity contribution in [2.75, 3.05) is 54.4 Å². The van der Waals surface area contributed by atoms with Crippen LogP contribution >= 0.6 is 0 Å². The number of carbonyl (C=O) groups is 4. The van der Waals surface area contributed by atoms with Gasteiger partial charge in [-0.2, -0.15) is 0 Å². The fourth-order valence-corrected chi connectivity index (χ4v) is 5.59. The van der Waals surface area contributed by atoms with Crippen molar-refractivity contribution in [1.82, 2.24) is 24.9 Å². The predicted octanol–water partition coefficient (Wildman–Crippen LogP) is 1.58. The lowest BCUT2D eigenvalue weighted by molar-refractivity contribution is -0.151. The number of nitrogens with one attached hydrogen (secondary N) is 1. The summed E-state index contributed by atoms with van der Waals surface area (Å²) in [7, 11) is 6.95. The molecule has 2 saturated heterocycles. The number of hydrogen-bond donors (Lipinski definition) is 1. The van der Waals surface area contributed by atoms with Crippen LogP contribution in [0.3, 0.4) is 0 Å². The number of piperidine rings is 1. The van der Waals surface area contributed by atoms with Crippen LogP contribution in [-0.2, 0) is 23.9 Å². The van der Waals surface area contributed by atoms with Crippen LogP contribution in [0.25, 0.3) is 0 Å². The largest absolute Gasteiger partial charge is 0.467 e. The summed E-state index contributed by atoms with van der Waals surface area (Å²) in [5, 5.41) is 3.09. The molecule has 38 heavy (non-hydrogen) atoms. The average molecular weight is 538 g/mol. The Hall–Kier alpha value is -2.20. The van der Waals surface area contributed by atoms with Crippen molar-refractivity contribution in [2.45, 2.75) is 90.9 Å². The molecule has 0 bridgehead atoms. The van der Waals surface area contributed by atoms with E-state index in [9.17, 15) is 19.2 Å². The Morgan fingerprint density at radius 3 is 2.18 bits per heavy atom. The molecule has 2 rings (SSSR count). The van der Waals surface area contributed by atoms with Crippen LogP contribution in [0.2, 0.25) is 0 Å². The molecule has 0 radical (unpaired) electrons. The van der Waals surface area contributed by atoms with Gasteiger partial charge in [0.1, 0.15) is 12.1 Å². The van der Waals surface area contributed by atoms with Crippen molar-refractivity contribution >= 4 is 23.7 Å². The van der Waals surface area contributed by atoms with Crippen molar-refractivity contribution in [3.8, 4) is 0 Å². The van der Waals surface area contributed by atoms with Gasteiger partial charge in [0.05, 0.1) is 19.7 Å². The fraction of sp³-hybridized carbons (Fsp3) is 0.857. The molecule has 0 aromatic heterocycles. The zero-order chi connectivity index (χ0) is 28.8. The molecule has 2 aliphatic heterocycles. The minimum atomic E-state index is -0.672. The number of rotatable bonds is 10. The van der Waals surface area contributed by atoms with E-state index in [2.05, 4.69) is 24.1 Å². The number of hydrogen-bond acceptors (Lipinski definition) is 7. The quantitative estimate of drug-likeness (QED) is 0.422. The van der Waals surface area contributed by atoms with E-state index in [1.54, 1.807) is 16.8 Å². The third-order valence-corrected chi connectivity index (χ3v) is 8.04. The van der Waals surface area contributed by atoms with Crippen molar-refractivity contribution in [3.63, 3.8) is 0 Å². The summed E-state index contributed by atoms with van der Waals surface area (Å²) < 4.78 is 4.87. The number of ether oxygens (including phenoxy) is 1. The van der Waals surface area contributed by atoms with Gasteiger partial charge in [0.2, 0.25) is 17.7 Å². The molecule has 2 aliphatic rings. The van der Waals surface area contributed by atoms with Crippen molar-refractivity contribution in [2.24, 2.45) is 11.3 Å². The fourth-order valence-electron chi connectivity index (χ4n) is 5.59. The SMILES string of the molecule is COC(=O)[C@@H]1CCCN1C(=O)CN(C)C[C@H](C(C)C)N(C)C(=O)[C@@H](NC(=O)[C@H]1CCCCN1C)C(C)(C)C. The van der Waals surface area contributed by atoms with E-state index in [-0.39, 0.29) is 48.2 Å². The molecule has 4 atom stereocenters. The number of carbonyl (C=O) groups excluding carboxylic acids is 4. The van der Waals surface area contributed by atoms with Crippen LogP contribution in [-0.4, -0.2) is 122 Å². The Bertz CT molecular complexity index is 842. The molecule has 3 amide bonds. The second kappa shape index (κ2) is 13.7. The highest BCUT2D eigenvalue weighted by molar-refractivity contribution is 5.90. The van der Waals surface area contributed by atoms with E-state index in [0.717, 1.165) is 32.2 Å². The monoisotopic (exact) mass is 537 g/mol. The second-order valence-electron chi connectivity index (χ2n) is 12.5. The zero-order valence-electron chi connectivity index (χ0n) is 25.1. The van der Waals surface area contributed by atoms with Gasteiger partial charge >= 0.3 is 5.97 Å². The third kappa shape index (κ3) is 8.15. The van der Waals surface area contributed by atoms with Gasteiger partial charge < -0.3 is 19.9 Å². The van der Waals surface area contributed by atoms with Gasteiger partial charge in [-0.1, -0.05) is 41.0 Å². The number of esters is 1. The first-order chi connectivity index (χ1) is 17.7. The highest BCUT2D eigenvalue weighted by Gasteiger charge is 2.40. The smallest absolute Gasteiger partial charge is 0.328 e. The lowest BCUT2D eigenvalue weighted by Crippen LogP contribution is -2.60. The van der Waals surface area contributed by atoms with E-state index in [0.29, 0.717) is 19.5 Å². The summed E-state index contributed by atoms with van der Waals surface area (Å²) in [5.41, 5.74) is -0.476. The normalized spacial score (nSPS) is 22.3. The number of amides is 3.